The van der Waals surface area contributed by atoms with E-state index < -0.39 is 31.5 Å². The third-order valence-electron chi connectivity index (χ3n) is 2.03. The van der Waals surface area contributed by atoms with Crippen molar-refractivity contribution in [3.63, 3.8) is 0 Å². The first kappa shape index (κ1) is 17.0. The Hall–Kier alpha value is -1.02. The van der Waals surface area contributed by atoms with E-state index in [1.54, 1.807) is 0 Å². The van der Waals surface area contributed by atoms with Crippen LogP contribution in [-0.4, -0.2) is 18.5 Å². The molecular weight excluding hydrogens is 326 g/mol. The molecule has 0 aliphatic heterocycles. The fourth-order valence-electron chi connectivity index (χ4n) is 1.20. The summed E-state index contributed by atoms with van der Waals surface area (Å²) in [6, 6.07) is 3.48. The number of alkyl halides is 6. The second-order valence-electron chi connectivity index (χ2n) is 3.65. The maximum absolute atomic E-state index is 13.4. The van der Waals surface area contributed by atoms with Crippen molar-refractivity contribution in [2.75, 3.05) is 0 Å². The van der Waals surface area contributed by atoms with Gasteiger partial charge in [0, 0.05) is 0 Å². The molecule has 11 heteroatoms. The predicted molar refractivity (Wildman–Crippen MR) is 53.3 cm³/mol. The van der Waals surface area contributed by atoms with Crippen LogP contribution >= 0.6 is 7.76 Å². The van der Waals surface area contributed by atoms with Gasteiger partial charge >= 0.3 is 105 Å². The van der Waals surface area contributed by atoms with Gasteiger partial charge in [-0.15, -0.1) is 0 Å². The van der Waals surface area contributed by atoms with Gasteiger partial charge in [-0.3, -0.25) is 0 Å². The van der Waals surface area contributed by atoms with Crippen molar-refractivity contribution < 1.29 is 43.5 Å². The quantitative estimate of drug-likeness (QED) is 0.563. The first-order chi connectivity index (χ1) is 8.72. The van der Waals surface area contributed by atoms with E-state index in [0.29, 0.717) is 12.1 Å². The van der Waals surface area contributed by atoms with E-state index in [-0.39, 0.29) is 0 Å². The van der Waals surface area contributed by atoms with E-state index in [1.807, 2.05) is 0 Å². The van der Waals surface area contributed by atoms with E-state index in [2.05, 4.69) is 4.52 Å². The molecule has 0 saturated carbocycles. The van der Waals surface area contributed by atoms with Gasteiger partial charge in [0.25, 0.3) is 0 Å². The van der Waals surface area contributed by atoms with Crippen LogP contribution in [0.15, 0.2) is 30.3 Å². The van der Waals surface area contributed by atoms with E-state index >= 15 is 0 Å². The Morgan fingerprint density at radius 2 is 1.20 bits per heavy atom. The summed E-state index contributed by atoms with van der Waals surface area (Å²) in [6.45, 7) is 0. The molecule has 1 nitrogen and oxygen atoms in total. The summed E-state index contributed by atoms with van der Waals surface area (Å²) < 4.78 is 115. The zero-order valence-electron chi connectivity index (χ0n) is 9.22. The molecule has 1 rings (SSSR count). The van der Waals surface area contributed by atoms with Gasteiger partial charge in [0.1, 0.15) is 0 Å². The van der Waals surface area contributed by atoms with Crippen LogP contribution in [0.5, 0.6) is 0 Å². The topological polar surface area (TPSA) is 9.23 Å². The van der Waals surface area contributed by atoms with Crippen molar-refractivity contribution in [3.8, 4) is 0 Å². The summed E-state index contributed by atoms with van der Waals surface area (Å²) in [5.74, 6) is 0. The molecular formula is C9H6F9OP. The van der Waals surface area contributed by atoms with Gasteiger partial charge in [-0.1, -0.05) is 0 Å². The number of hydrogen-bond donors (Lipinski definition) is 0. The molecule has 0 unspecified atom stereocenters. The van der Waals surface area contributed by atoms with Crippen LogP contribution in [0, 0.1) is 0 Å². The number of hydrogen-bond acceptors (Lipinski definition) is 1. The number of rotatable bonds is 3. The maximum atomic E-state index is 13.4. The van der Waals surface area contributed by atoms with E-state index in [1.165, 1.54) is 0 Å². The molecule has 0 fully saturated rings. The second kappa shape index (κ2) is 4.77. The van der Waals surface area contributed by atoms with Crippen LogP contribution < -0.4 is 5.30 Å². The third kappa shape index (κ3) is 3.99. The fourth-order valence-corrected chi connectivity index (χ4v) is 2.53. The molecule has 20 heavy (non-hydrogen) atoms. The van der Waals surface area contributed by atoms with Gasteiger partial charge in [-0.2, -0.15) is 0 Å². The summed E-state index contributed by atoms with van der Waals surface area (Å²) >= 11 is 0. The summed E-state index contributed by atoms with van der Waals surface area (Å²) in [5.41, 5.74) is 0. The molecule has 0 amide bonds. The molecule has 0 aromatic heterocycles. The van der Waals surface area contributed by atoms with Crippen LogP contribution in [0.2, 0.25) is 0 Å². The fraction of sp³-hybridized carbons (Fsp3) is 0.333. The average Bonchev–Trinajstić information content (AvgIpc) is 2.24. The van der Waals surface area contributed by atoms with Gasteiger partial charge in [-0.25, -0.2) is 0 Å². The monoisotopic (exact) mass is 332 g/mol. The first-order valence-electron chi connectivity index (χ1n) is 4.77. The van der Waals surface area contributed by atoms with Gasteiger partial charge in [0.05, 0.1) is 0 Å². The summed E-state index contributed by atoms with van der Waals surface area (Å²) in [4.78, 5) is 0. The van der Waals surface area contributed by atoms with Crippen LogP contribution in [0.1, 0.15) is 0 Å². The minimum absolute atomic E-state index is 0.349. The van der Waals surface area contributed by atoms with Crippen LogP contribution in [-0.2, 0) is 4.52 Å². The van der Waals surface area contributed by atoms with Crippen molar-refractivity contribution in [2.24, 2.45) is 0 Å². The van der Waals surface area contributed by atoms with Crippen molar-refractivity contribution in [1.82, 2.24) is 0 Å². The van der Waals surface area contributed by atoms with Gasteiger partial charge in [0.2, 0.25) is 0 Å². The number of halogens is 9. The Balaban J connectivity index is 3.22. The summed E-state index contributed by atoms with van der Waals surface area (Å²) in [6.07, 6.45) is -17.4. The molecule has 0 heterocycles. The van der Waals surface area contributed by atoms with Gasteiger partial charge < -0.3 is 0 Å². The molecule has 0 bridgehead atoms. The molecule has 0 saturated heterocycles. The summed E-state index contributed by atoms with van der Waals surface area (Å²) in [7, 11) is -8.28. The van der Waals surface area contributed by atoms with Gasteiger partial charge in [0.15, 0.2) is 0 Å². The molecule has 0 spiro atoms. The first-order valence-corrected chi connectivity index (χ1v) is 6.60. The van der Waals surface area contributed by atoms with Crippen molar-refractivity contribution in [2.45, 2.75) is 18.5 Å². The molecule has 1 aromatic carbocycles. The molecule has 0 aliphatic rings. The van der Waals surface area contributed by atoms with Gasteiger partial charge in [-0.05, 0) is 0 Å². The molecule has 0 radical (unpaired) electrons. The predicted octanol–water partition coefficient (Wildman–Crippen LogP) is 4.94. The number of benzene rings is 1. The van der Waals surface area contributed by atoms with Crippen molar-refractivity contribution in [3.05, 3.63) is 30.3 Å². The second-order valence-corrected chi connectivity index (χ2v) is 5.86. The Labute approximate surface area is 106 Å². The standard InChI is InChI=1S/C9H6F9OP/c10-8(11,12)7(9(13,14)15)19-20(16,17,18)6-4-2-1-3-5-6/h1-5,7H. The van der Waals surface area contributed by atoms with Crippen LogP contribution in [0.25, 0.3) is 0 Å². The molecule has 0 N–H and O–H groups in total. The minimum atomic E-state index is -8.28. The zero-order chi connectivity index (χ0) is 15.8. The van der Waals surface area contributed by atoms with Crippen molar-refractivity contribution >= 4 is 13.1 Å². The molecule has 1 aromatic rings. The normalized spacial score (nSPS) is 16.0. The van der Waals surface area contributed by atoms with Crippen LogP contribution in [0.4, 0.5) is 38.9 Å². The molecule has 0 atom stereocenters. The van der Waals surface area contributed by atoms with Crippen LogP contribution in [0.3, 0.4) is 0 Å². The third-order valence-corrected chi connectivity index (χ3v) is 3.68. The Bertz CT molecular complexity index is 444. The summed E-state index contributed by atoms with van der Waals surface area (Å²) in [5, 5.41) is -1.66. The Kier molecular flexibility index (Phi) is 4.06. The van der Waals surface area contributed by atoms with E-state index in [0.717, 1.165) is 18.2 Å². The zero-order valence-corrected chi connectivity index (χ0v) is 10.1. The van der Waals surface area contributed by atoms with E-state index in [9.17, 15) is 38.9 Å². The van der Waals surface area contributed by atoms with Crippen molar-refractivity contribution in [1.29, 1.82) is 0 Å². The molecule has 0 aliphatic carbocycles. The average molecular weight is 332 g/mol. The Morgan fingerprint density at radius 3 is 1.55 bits per heavy atom. The molecule has 116 valence electrons. The van der Waals surface area contributed by atoms with E-state index in [4.69, 9.17) is 0 Å². The SMILES string of the molecule is FC(F)(F)C(OP(F)(F)(F)c1ccccc1)C(F)(F)F. The Morgan fingerprint density at radius 1 is 0.800 bits per heavy atom.